The average Bonchev–Trinajstić information content (AvgIpc) is 2.38. The van der Waals surface area contributed by atoms with E-state index in [1.807, 2.05) is 0 Å². The number of carbonyl (C=O) groups is 1. The molecule has 1 atom stereocenters. The van der Waals surface area contributed by atoms with Crippen LogP contribution in [-0.4, -0.2) is 47.8 Å². The molecule has 6 heteroatoms. The normalized spacial score (nSPS) is 20.5. The molecule has 18 heavy (non-hydrogen) atoms. The first-order chi connectivity index (χ1) is 8.63. The van der Waals surface area contributed by atoms with Crippen LogP contribution in [0.1, 0.15) is 26.2 Å². The first-order valence-electron chi connectivity index (χ1n) is 6.04. The van der Waals surface area contributed by atoms with Crippen LogP contribution < -0.4 is 0 Å². The molecular formula is C12H20N2O4. The van der Waals surface area contributed by atoms with Gasteiger partial charge in [0.1, 0.15) is 5.71 Å². The molecule has 1 heterocycles. The van der Waals surface area contributed by atoms with Crippen LogP contribution in [0.15, 0.2) is 17.9 Å². The van der Waals surface area contributed by atoms with Crippen molar-refractivity contribution in [2.45, 2.75) is 32.5 Å². The maximum absolute atomic E-state index is 10.6. The summed E-state index contributed by atoms with van der Waals surface area (Å²) >= 11 is 0. The summed E-state index contributed by atoms with van der Waals surface area (Å²) in [7, 11) is 0. The lowest BCUT2D eigenvalue weighted by Crippen LogP contribution is -2.27. The van der Waals surface area contributed by atoms with Crippen molar-refractivity contribution < 1.29 is 19.4 Å². The molecule has 1 rings (SSSR count). The Balaban J connectivity index is 2.28. The van der Waals surface area contributed by atoms with E-state index in [2.05, 4.69) is 11.7 Å². The SMILES string of the molecule is C=CN(CCOC1CCCCO1)/N=C(\C)C(=O)O. The van der Waals surface area contributed by atoms with Crippen LogP contribution in [0.2, 0.25) is 0 Å². The molecule has 1 unspecified atom stereocenters. The maximum atomic E-state index is 10.6. The highest BCUT2D eigenvalue weighted by Gasteiger charge is 2.14. The Bertz CT molecular complexity index is 311. The van der Waals surface area contributed by atoms with Gasteiger partial charge >= 0.3 is 5.97 Å². The van der Waals surface area contributed by atoms with Crippen LogP contribution in [0.25, 0.3) is 0 Å². The van der Waals surface area contributed by atoms with Gasteiger partial charge in [0.25, 0.3) is 0 Å². The fourth-order valence-electron chi connectivity index (χ4n) is 1.54. The minimum absolute atomic E-state index is 0.0174. The van der Waals surface area contributed by atoms with E-state index in [9.17, 15) is 4.79 Å². The number of ether oxygens (including phenoxy) is 2. The molecule has 0 saturated carbocycles. The summed E-state index contributed by atoms with van der Waals surface area (Å²) in [5.41, 5.74) is 0.0174. The Morgan fingerprint density at radius 2 is 2.44 bits per heavy atom. The summed E-state index contributed by atoms with van der Waals surface area (Å²) in [6.07, 6.45) is 4.44. The van der Waals surface area contributed by atoms with Crippen molar-refractivity contribution >= 4 is 11.7 Å². The van der Waals surface area contributed by atoms with Crippen molar-refractivity contribution in [3.05, 3.63) is 12.8 Å². The lowest BCUT2D eigenvalue weighted by molar-refractivity contribution is -0.163. The minimum atomic E-state index is -1.04. The summed E-state index contributed by atoms with van der Waals surface area (Å²) in [6, 6.07) is 0. The molecule has 1 aliphatic rings. The third-order valence-corrected chi connectivity index (χ3v) is 2.56. The van der Waals surface area contributed by atoms with Gasteiger partial charge in [-0.1, -0.05) is 6.58 Å². The van der Waals surface area contributed by atoms with E-state index in [1.54, 1.807) is 0 Å². The van der Waals surface area contributed by atoms with Gasteiger partial charge < -0.3 is 14.6 Å². The van der Waals surface area contributed by atoms with E-state index < -0.39 is 5.97 Å². The standard InChI is InChI=1S/C12H20N2O4/c1-3-14(13-10(2)12(15)16)7-9-18-11-6-4-5-8-17-11/h3,11H,1,4-9H2,2H3,(H,15,16)/b13-10+. The zero-order chi connectivity index (χ0) is 13.4. The van der Waals surface area contributed by atoms with Gasteiger partial charge in [-0.3, -0.25) is 5.01 Å². The smallest absolute Gasteiger partial charge is 0.351 e. The Hall–Kier alpha value is -1.40. The highest BCUT2D eigenvalue weighted by molar-refractivity contribution is 6.34. The summed E-state index contributed by atoms with van der Waals surface area (Å²) in [5, 5.41) is 14.1. The summed E-state index contributed by atoms with van der Waals surface area (Å²) in [5.74, 6) is -1.04. The first kappa shape index (κ1) is 14.7. The fourth-order valence-corrected chi connectivity index (χ4v) is 1.54. The second kappa shape index (κ2) is 7.84. The summed E-state index contributed by atoms with van der Waals surface area (Å²) in [4.78, 5) is 10.6. The molecule has 1 saturated heterocycles. The van der Waals surface area contributed by atoms with Crippen LogP contribution in [-0.2, 0) is 14.3 Å². The Labute approximate surface area is 107 Å². The number of aliphatic carboxylic acids is 1. The lowest BCUT2D eigenvalue weighted by Gasteiger charge is -2.23. The van der Waals surface area contributed by atoms with Gasteiger partial charge in [-0.05, 0) is 26.2 Å². The van der Waals surface area contributed by atoms with Crippen molar-refractivity contribution in [2.24, 2.45) is 5.10 Å². The van der Waals surface area contributed by atoms with E-state index in [4.69, 9.17) is 14.6 Å². The van der Waals surface area contributed by atoms with Gasteiger partial charge in [0.15, 0.2) is 6.29 Å². The molecule has 102 valence electrons. The van der Waals surface area contributed by atoms with E-state index in [-0.39, 0.29) is 12.0 Å². The van der Waals surface area contributed by atoms with Gasteiger partial charge in [-0.25, -0.2) is 4.79 Å². The van der Waals surface area contributed by atoms with Crippen LogP contribution in [0, 0.1) is 0 Å². The van der Waals surface area contributed by atoms with E-state index in [1.165, 1.54) is 18.1 Å². The predicted octanol–water partition coefficient (Wildman–Crippen LogP) is 1.44. The third-order valence-electron chi connectivity index (χ3n) is 2.56. The van der Waals surface area contributed by atoms with Crippen LogP contribution in [0.4, 0.5) is 0 Å². The van der Waals surface area contributed by atoms with E-state index in [0.717, 1.165) is 25.9 Å². The number of nitrogens with zero attached hydrogens (tertiary/aromatic N) is 2. The second-order valence-corrected chi connectivity index (χ2v) is 4.00. The van der Waals surface area contributed by atoms with Gasteiger partial charge in [0.2, 0.25) is 0 Å². The van der Waals surface area contributed by atoms with E-state index >= 15 is 0 Å². The molecule has 1 fully saturated rings. The topological polar surface area (TPSA) is 71.4 Å². The zero-order valence-corrected chi connectivity index (χ0v) is 10.7. The number of rotatable bonds is 7. The quantitative estimate of drug-likeness (QED) is 0.551. The van der Waals surface area contributed by atoms with Crippen LogP contribution in [0.3, 0.4) is 0 Å². The average molecular weight is 256 g/mol. The summed E-state index contributed by atoms with van der Waals surface area (Å²) in [6.45, 7) is 6.63. The number of hydrogen-bond donors (Lipinski definition) is 1. The molecule has 0 bridgehead atoms. The minimum Gasteiger partial charge on any atom is -0.477 e. The van der Waals surface area contributed by atoms with Crippen molar-refractivity contribution in [1.82, 2.24) is 5.01 Å². The zero-order valence-electron chi connectivity index (χ0n) is 10.7. The molecule has 1 N–H and O–H groups in total. The fraction of sp³-hybridized carbons (Fsp3) is 0.667. The predicted molar refractivity (Wildman–Crippen MR) is 67.2 cm³/mol. The van der Waals surface area contributed by atoms with Crippen molar-refractivity contribution in [3.8, 4) is 0 Å². The van der Waals surface area contributed by atoms with E-state index in [0.29, 0.717) is 13.2 Å². The van der Waals surface area contributed by atoms with Crippen molar-refractivity contribution in [2.75, 3.05) is 19.8 Å². The van der Waals surface area contributed by atoms with Gasteiger partial charge in [0, 0.05) is 12.8 Å². The molecule has 6 nitrogen and oxygen atoms in total. The molecule has 0 spiro atoms. The monoisotopic (exact) mass is 256 g/mol. The van der Waals surface area contributed by atoms with Crippen LogP contribution >= 0.6 is 0 Å². The Morgan fingerprint density at radius 1 is 1.67 bits per heavy atom. The molecule has 0 aromatic heterocycles. The summed E-state index contributed by atoms with van der Waals surface area (Å²) < 4.78 is 10.9. The third kappa shape index (κ3) is 5.29. The second-order valence-electron chi connectivity index (χ2n) is 4.00. The highest BCUT2D eigenvalue weighted by atomic mass is 16.7. The van der Waals surface area contributed by atoms with Gasteiger partial charge in [0.05, 0.1) is 13.2 Å². The first-order valence-corrected chi connectivity index (χ1v) is 6.04. The Morgan fingerprint density at radius 3 is 3.00 bits per heavy atom. The molecule has 0 aliphatic carbocycles. The largest absolute Gasteiger partial charge is 0.477 e. The number of hydrazone groups is 1. The molecule has 1 aliphatic heterocycles. The molecule has 0 radical (unpaired) electrons. The number of carboxylic acid groups (broad SMARTS) is 1. The number of carboxylic acids is 1. The molecular weight excluding hydrogens is 236 g/mol. The molecule has 0 amide bonds. The highest BCUT2D eigenvalue weighted by Crippen LogP contribution is 2.13. The number of hydrogen-bond acceptors (Lipinski definition) is 5. The van der Waals surface area contributed by atoms with Crippen molar-refractivity contribution in [1.29, 1.82) is 0 Å². The van der Waals surface area contributed by atoms with Gasteiger partial charge in [-0.2, -0.15) is 5.10 Å². The van der Waals surface area contributed by atoms with Gasteiger partial charge in [-0.15, -0.1) is 0 Å². The maximum Gasteiger partial charge on any atom is 0.351 e. The van der Waals surface area contributed by atoms with Crippen molar-refractivity contribution in [3.63, 3.8) is 0 Å². The molecule has 0 aromatic rings. The van der Waals surface area contributed by atoms with Crippen LogP contribution in [0.5, 0.6) is 0 Å². The lowest BCUT2D eigenvalue weighted by atomic mass is 10.2. The Kier molecular flexibility index (Phi) is 6.38. The molecule has 0 aromatic carbocycles.